The fourth-order valence-electron chi connectivity index (χ4n) is 3.62. The SMILES string of the molecule is O=C(c1cnccn1)N1CCC[C@]2(C[C@H](Nc3ncccn3)CO2)C1. The van der Waals surface area contributed by atoms with E-state index in [0.29, 0.717) is 24.8 Å². The van der Waals surface area contributed by atoms with Gasteiger partial charge in [-0.05, 0) is 18.9 Å². The monoisotopic (exact) mass is 340 g/mol. The van der Waals surface area contributed by atoms with E-state index in [1.807, 2.05) is 4.90 Å². The number of nitrogens with one attached hydrogen (secondary N) is 1. The number of hydrogen-bond donors (Lipinski definition) is 1. The van der Waals surface area contributed by atoms with Crippen molar-refractivity contribution in [2.75, 3.05) is 25.0 Å². The van der Waals surface area contributed by atoms with Gasteiger partial charge in [-0.3, -0.25) is 9.78 Å². The second-order valence-electron chi connectivity index (χ2n) is 6.53. The van der Waals surface area contributed by atoms with Gasteiger partial charge in [-0.2, -0.15) is 0 Å². The van der Waals surface area contributed by atoms with Gasteiger partial charge in [0.1, 0.15) is 5.69 Å². The molecule has 130 valence electrons. The zero-order valence-electron chi connectivity index (χ0n) is 13.8. The van der Waals surface area contributed by atoms with Crippen molar-refractivity contribution in [1.29, 1.82) is 0 Å². The Morgan fingerprint density at radius 3 is 2.92 bits per heavy atom. The molecule has 8 nitrogen and oxygen atoms in total. The minimum absolute atomic E-state index is 0.0847. The fraction of sp³-hybridized carbons (Fsp3) is 0.471. The van der Waals surface area contributed by atoms with Crippen LogP contribution in [0.1, 0.15) is 29.8 Å². The van der Waals surface area contributed by atoms with Crippen LogP contribution in [-0.4, -0.2) is 62.1 Å². The molecule has 0 unspecified atom stereocenters. The molecule has 4 rings (SSSR count). The minimum Gasteiger partial charge on any atom is -0.371 e. The Labute approximate surface area is 145 Å². The molecule has 1 amide bonds. The summed E-state index contributed by atoms with van der Waals surface area (Å²) in [6.07, 6.45) is 10.7. The number of carbonyl (C=O) groups is 1. The molecule has 0 saturated carbocycles. The van der Waals surface area contributed by atoms with E-state index in [0.717, 1.165) is 25.8 Å². The lowest BCUT2D eigenvalue weighted by molar-refractivity contribution is -0.0448. The van der Waals surface area contributed by atoms with Gasteiger partial charge in [0.05, 0.1) is 31.0 Å². The lowest BCUT2D eigenvalue weighted by Gasteiger charge is -2.39. The standard InChI is InChI=1S/C17H20N6O2/c24-15(14-10-18-6-7-19-14)23-8-1-3-17(12-23)9-13(11-25-17)22-16-20-4-2-5-21-16/h2,4-7,10,13H,1,3,8-9,11-12H2,(H,20,21,22)/t13-,17-/m0/s1. The molecule has 2 aliphatic heterocycles. The first-order valence-corrected chi connectivity index (χ1v) is 8.47. The summed E-state index contributed by atoms with van der Waals surface area (Å²) in [5, 5.41) is 3.32. The Hall–Kier alpha value is -2.61. The molecule has 0 bridgehead atoms. The van der Waals surface area contributed by atoms with Crippen molar-refractivity contribution in [2.24, 2.45) is 0 Å². The van der Waals surface area contributed by atoms with Crippen LogP contribution in [0, 0.1) is 0 Å². The van der Waals surface area contributed by atoms with E-state index in [4.69, 9.17) is 4.74 Å². The summed E-state index contributed by atoms with van der Waals surface area (Å²) in [4.78, 5) is 31.0. The number of carbonyl (C=O) groups excluding carboxylic acids is 1. The molecule has 0 aromatic carbocycles. The van der Waals surface area contributed by atoms with E-state index in [9.17, 15) is 4.79 Å². The number of anilines is 1. The third kappa shape index (κ3) is 3.43. The van der Waals surface area contributed by atoms with Crippen molar-refractivity contribution in [2.45, 2.75) is 30.9 Å². The van der Waals surface area contributed by atoms with Gasteiger partial charge in [-0.1, -0.05) is 0 Å². The largest absolute Gasteiger partial charge is 0.371 e. The second kappa shape index (κ2) is 6.72. The lowest BCUT2D eigenvalue weighted by Crippen LogP contribution is -2.50. The lowest BCUT2D eigenvalue weighted by atomic mass is 9.88. The number of rotatable bonds is 3. The minimum atomic E-state index is -0.303. The van der Waals surface area contributed by atoms with Crippen LogP contribution in [0.5, 0.6) is 0 Å². The van der Waals surface area contributed by atoms with Gasteiger partial charge in [-0.15, -0.1) is 0 Å². The third-order valence-electron chi connectivity index (χ3n) is 4.72. The van der Waals surface area contributed by atoms with E-state index < -0.39 is 0 Å². The normalized spacial score (nSPS) is 25.9. The molecule has 2 aromatic rings. The van der Waals surface area contributed by atoms with Crippen LogP contribution in [0.4, 0.5) is 5.95 Å². The van der Waals surface area contributed by atoms with Gasteiger partial charge in [0, 0.05) is 37.8 Å². The zero-order chi connectivity index (χ0) is 17.1. The van der Waals surface area contributed by atoms with E-state index in [1.54, 1.807) is 30.9 Å². The average Bonchev–Trinajstić information content (AvgIpc) is 3.04. The Morgan fingerprint density at radius 2 is 2.12 bits per heavy atom. The van der Waals surface area contributed by atoms with Crippen molar-refractivity contribution < 1.29 is 9.53 Å². The van der Waals surface area contributed by atoms with Gasteiger partial charge < -0.3 is 15.0 Å². The molecule has 1 N–H and O–H groups in total. The Kier molecular flexibility index (Phi) is 4.27. The first-order valence-electron chi connectivity index (χ1n) is 8.47. The summed E-state index contributed by atoms with van der Waals surface area (Å²) in [6.45, 7) is 1.89. The summed E-state index contributed by atoms with van der Waals surface area (Å²) < 4.78 is 6.13. The van der Waals surface area contributed by atoms with Gasteiger partial charge in [0.2, 0.25) is 5.95 Å². The van der Waals surface area contributed by atoms with Crippen molar-refractivity contribution in [3.05, 3.63) is 42.7 Å². The fourth-order valence-corrected chi connectivity index (χ4v) is 3.62. The predicted molar refractivity (Wildman–Crippen MR) is 89.9 cm³/mol. The van der Waals surface area contributed by atoms with Crippen LogP contribution >= 0.6 is 0 Å². The number of likely N-dealkylation sites (tertiary alicyclic amines) is 1. The van der Waals surface area contributed by atoms with Gasteiger partial charge >= 0.3 is 0 Å². The Balaban J connectivity index is 1.42. The highest BCUT2D eigenvalue weighted by Crippen LogP contribution is 2.35. The number of aromatic nitrogens is 4. The van der Waals surface area contributed by atoms with Crippen LogP contribution in [0.15, 0.2) is 37.1 Å². The number of piperidine rings is 1. The number of hydrogen-bond acceptors (Lipinski definition) is 7. The maximum atomic E-state index is 12.6. The van der Waals surface area contributed by atoms with Crippen molar-refractivity contribution in [1.82, 2.24) is 24.8 Å². The molecule has 25 heavy (non-hydrogen) atoms. The van der Waals surface area contributed by atoms with Crippen LogP contribution in [0.3, 0.4) is 0 Å². The quantitative estimate of drug-likeness (QED) is 0.895. The van der Waals surface area contributed by atoms with Crippen molar-refractivity contribution in [3.63, 3.8) is 0 Å². The first kappa shape index (κ1) is 15.9. The van der Waals surface area contributed by atoms with Crippen LogP contribution in [0.2, 0.25) is 0 Å². The molecule has 2 aromatic heterocycles. The third-order valence-corrected chi connectivity index (χ3v) is 4.72. The van der Waals surface area contributed by atoms with Gasteiger partial charge in [0.25, 0.3) is 5.91 Å². The molecule has 2 saturated heterocycles. The van der Waals surface area contributed by atoms with E-state index >= 15 is 0 Å². The highest BCUT2D eigenvalue weighted by molar-refractivity contribution is 5.92. The van der Waals surface area contributed by atoms with Gasteiger partial charge in [-0.25, -0.2) is 15.0 Å². The zero-order valence-corrected chi connectivity index (χ0v) is 13.8. The molecule has 0 aliphatic carbocycles. The van der Waals surface area contributed by atoms with E-state index in [2.05, 4.69) is 25.3 Å². The highest BCUT2D eigenvalue weighted by Gasteiger charge is 2.44. The number of amides is 1. The summed E-state index contributed by atoms with van der Waals surface area (Å²) >= 11 is 0. The Bertz CT molecular complexity index is 728. The number of nitrogens with zero attached hydrogens (tertiary/aromatic N) is 5. The molecule has 2 aliphatic rings. The molecule has 1 spiro atoms. The molecule has 4 heterocycles. The molecular weight excluding hydrogens is 320 g/mol. The number of ether oxygens (including phenoxy) is 1. The average molecular weight is 340 g/mol. The molecule has 2 atom stereocenters. The van der Waals surface area contributed by atoms with Crippen molar-refractivity contribution >= 4 is 11.9 Å². The second-order valence-corrected chi connectivity index (χ2v) is 6.53. The van der Waals surface area contributed by atoms with Crippen LogP contribution in [-0.2, 0) is 4.74 Å². The van der Waals surface area contributed by atoms with Crippen molar-refractivity contribution in [3.8, 4) is 0 Å². The molecular formula is C17H20N6O2. The molecule has 8 heteroatoms. The highest BCUT2D eigenvalue weighted by atomic mass is 16.5. The Morgan fingerprint density at radius 1 is 1.24 bits per heavy atom. The molecule has 0 radical (unpaired) electrons. The maximum Gasteiger partial charge on any atom is 0.274 e. The summed E-state index contributed by atoms with van der Waals surface area (Å²) in [6, 6.07) is 1.93. The predicted octanol–water partition coefficient (Wildman–Crippen LogP) is 1.14. The summed E-state index contributed by atoms with van der Waals surface area (Å²) in [5.74, 6) is 0.523. The van der Waals surface area contributed by atoms with E-state index in [1.165, 1.54) is 6.20 Å². The van der Waals surface area contributed by atoms with Crippen LogP contribution < -0.4 is 5.32 Å². The van der Waals surface area contributed by atoms with Crippen LogP contribution in [0.25, 0.3) is 0 Å². The smallest absolute Gasteiger partial charge is 0.274 e. The summed E-state index contributed by atoms with van der Waals surface area (Å²) in [5.41, 5.74) is 0.0765. The maximum absolute atomic E-state index is 12.6. The first-order chi connectivity index (χ1) is 12.2. The van der Waals surface area contributed by atoms with Gasteiger partial charge in [0.15, 0.2) is 0 Å². The summed E-state index contributed by atoms with van der Waals surface area (Å²) in [7, 11) is 0. The molecule has 2 fully saturated rings. The topological polar surface area (TPSA) is 93.1 Å². The van der Waals surface area contributed by atoms with E-state index in [-0.39, 0.29) is 17.6 Å².